The number of hydrogen-bond donors (Lipinski definition) is 2. The number of carbonyl (C=O) groups excluding carboxylic acids is 1. The lowest BCUT2D eigenvalue weighted by molar-refractivity contribution is -0.151. The molecule has 114 valence electrons. The average Bonchev–Trinajstić information content (AvgIpc) is 3.00. The van der Waals surface area contributed by atoms with Gasteiger partial charge in [0.15, 0.2) is 0 Å². The SMILES string of the molecule is CCSC1CCC(NC(=O)CC2(C(=O)O)CCCC2)C1. The van der Waals surface area contributed by atoms with Crippen molar-refractivity contribution in [3.8, 4) is 0 Å². The summed E-state index contributed by atoms with van der Waals surface area (Å²) in [6, 6.07) is 0.249. The summed E-state index contributed by atoms with van der Waals surface area (Å²) in [7, 11) is 0. The normalized spacial score (nSPS) is 28.4. The molecule has 0 radical (unpaired) electrons. The fourth-order valence-electron chi connectivity index (χ4n) is 3.56. The van der Waals surface area contributed by atoms with E-state index in [1.807, 2.05) is 11.8 Å². The summed E-state index contributed by atoms with van der Waals surface area (Å²) in [5.74, 6) is 0.255. The van der Waals surface area contributed by atoms with Crippen LogP contribution in [0.2, 0.25) is 0 Å². The van der Waals surface area contributed by atoms with Crippen LogP contribution < -0.4 is 5.32 Å². The van der Waals surface area contributed by atoms with Gasteiger partial charge < -0.3 is 10.4 Å². The van der Waals surface area contributed by atoms with E-state index in [2.05, 4.69) is 12.2 Å². The van der Waals surface area contributed by atoms with Crippen LogP contribution in [0.15, 0.2) is 0 Å². The van der Waals surface area contributed by atoms with Crippen LogP contribution in [-0.4, -0.2) is 34.0 Å². The second kappa shape index (κ2) is 6.83. The van der Waals surface area contributed by atoms with E-state index < -0.39 is 11.4 Å². The van der Waals surface area contributed by atoms with Crippen LogP contribution >= 0.6 is 11.8 Å². The first-order chi connectivity index (χ1) is 9.55. The number of aliphatic carboxylic acids is 1. The van der Waals surface area contributed by atoms with Gasteiger partial charge in [-0.3, -0.25) is 9.59 Å². The third kappa shape index (κ3) is 3.68. The van der Waals surface area contributed by atoms with Crippen molar-refractivity contribution in [3.63, 3.8) is 0 Å². The number of hydrogen-bond acceptors (Lipinski definition) is 3. The van der Waals surface area contributed by atoms with Gasteiger partial charge in [0.05, 0.1) is 5.41 Å². The molecule has 2 fully saturated rings. The molecule has 0 saturated heterocycles. The van der Waals surface area contributed by atoms with Crippen LogP contribution in [0.5, 0.6) is 0 Å². The van der Waals surface area contributed by atoms with Crippen LogP contribution in [0.1, 0.15) is 58.3 Å². The van der Waals surface area contributed by atoms with Crippen LogP contribution in [0.25, 0.3) is 0 Å². The molecule has 0 aromatic heterocycles. The van der Waals surface area contributed by atoms with E-state index in [0.29, 0.717) is 18.1 Å². The summed E-state index contributed by atoms with van der Waals surface area (Å²) in [5, 5.41) is 13.1. The smallest absolute Gasteiger partial charge is 0.310 e. The number of carboxylic acids is 1. The Morgan fingerprint density at radius 2 is 2.00 bits per heavy atom. The Morgan fingerprint density at radius 1 is 1.30 bits per heavy atom. The summed E-state index contributed by atoms with van der Waals surface area (Å²) in [4.78, 5) is 23.6. The number of carboxylic acid groups (broad SMARTS) is 1. The third-order valence-corrected chi connectivity index (χ3v) is 5.90. The van der Waals surface area contributed by atoms with Gasteiger partial charge in [0.25, 0.3) is 0 Å². The maximum Gasteiger partial charge on any atom is 0.310 e. The van der Waals surface area contributed by atoms with Crippen molar-refractivity contribution >= 4 is 23.6 Å². The van der Waals surface area contributed by atoms with Crippen molar-refractivity contribution < 1.29 is 14.7 Å². The molecule has 0 spiro atoms. The van der Waals surface area contributed by atoms with Gasteiger partial charge in [-0.1, -0.05) is 19.8 Å². The minimum absolute atomic E-state index is 0.0681. The van der Waals surface area contributed by atoms with Crippen molar-refractivity contribution in [1.29, 1.82) is 0 Å². The highest BCUT2D eigenvalue weighted by atomic mass is 32.2. The highest BCUT2D eigenvalue weighted by molar-refractivity contribution is 7.99. The largest absolute Gasteiger partial charge is 0.481 e. The molecular formula is C15H25NO3S. The van der Waals surface area contributed by atoms with Gasteiger partial charge in [-0.05, 0) is 37.9 Å². The molecule has 4 nitrogen and oxygen atoms in total. The van der Waals surface area contributed by atoms with Gasteiger partial charge in [-0.25, -0.2) is 0 Å². The van der Waals surface area contributed by atoms with Crippen molar-refractivity contribution in [2.75, 3.05) is 5.75 Å². The summed E-state index contributed by atoms with van der Waals surface area (Å²) in [6.45, 7) is 2.16. The van der Waals surface area contributed by atoms with Gasteiger partial charge in [-0.15, -0.1) is 0 Å². The van der Waals surface area contributed by atoms with Crippen LogP contribution in [0, 0.1) is 5.41 Å². The zero-order valence-electron chi connectivity index (χ0n) is 12.2. The molecule has 0 aliphatic heterocycles. The predicted octanol–water partition coefficient (Wildman–Crippen LogP) is 2.81. The summed E-state index contributed by atoms with van der Waals surface area (Å²) >= 11 is 1.96. The zero-order chi connectivity index (χ0) is 14.6. The van der Waals surface area contributed by atoms with Crippen molar-refractivity contribution in [3.05, 3.63) is 0 Å². The van der Waals surface area contributed by atoms with E-state index in [1.165, 1.54) is 0 Å². The Kier molecular flexibility index (Phi) is 5.35. The fraction of sp³-hybridized carbons (Fsp3) is 0.867. The fourth-order valence-corrected chi connectivity index (χ4v) is 4.70. The lowest BCUT2D eigenvalue weighted by Crippen LogP contribution is -2.39. The topological polar surface area (TPSA) is 66.4 Å². The lowest BCUT2D eigenvalue weighted by Gasteiger charge is -2.24. The standard InChI is InChI=1S/C15H25NO3S/c1-2-20-12-6-5-11(9-12)16-13(17)10-15(14(18)19)7-3-4-8-15/h11-12H,2-10H2,1H3,(H,16,17)(H,18,19). The van der Waals surface area contributed by atoms with Gasteiger partial charge in [0, 0.05) is 17.7 Å². The Balaban J connectivity index is 1.82. The van der Waals surface area contributed by atoms with Crippen LogP contribution in [0.4, 0.5) is 0 Å². The zero-order valence-corrected chi connectivity index (χ0v) is 13.0. The average molecular weight is 299 g/mol. The van der Waals surface area contributed by atoms with Gasteiger partial charge >= 0.3 is 5.97 Å². The van der Waals surface area contributed by atoms with Gasteiger partial charge in [0.1, 0.15) is 0 Å². The monoisotopic (exact) mass is 299 g/mol. The Bertz CT molecular complexity index is 366. The maximum atomic E-state index is 12.1. The Labute approximate surface area is 125 Å². The molecule has 2 unspecified atom stereocenters. The van der Waals surface area contributed by atoms with Crippen molar-refractivity contribution in [2.45, 2.75) is 69.6 Å². The molecule has 2 saturated carbocycles. The Morgan fingerprint density at radius 3 is 2.60 bits per heavy atom. The minimum atomic E-state index is -0.795. The molecule has 20 heavy (non-hydrogen) atoms. The van der Waals surface area contributed by atoms with E-state index in [1.54, 1.807) is 0 Å². The molecule has 2 atom stereocenters. The van der Waals surface area contributed by atoms with E-state index >= 15 is 0 Å². The molecule has 2 aliphatic rings. The molecule has 2 aliphatic carbocycles. The summed E-state index contributed by atoms with van der Waals surface area (Å²) in [6.07, 6.45) is 6.53. The first-order valence-corrected chi connectivity index (χ1v) is 8.75. The first-order valence-electron chi connectivity index (χ1n) is 7.70. The van der Waals surface area contributed by atoms with E-state index in [9.17, 15) is 14.7 Å². The first kappa shape index (κ1) is 15.7. The molecule has 5 heteroatoms. The highest BCUT2D eigenvalue weighted by Gasteiger charge is 2.43. The van der Waals surface area contributed by atoms with Crippen LogP contribution in [-0.2, 0) is 9.59 Å². The minimum Gasteiger partial charge on any atom is -0.481 e. The predicted molar refractivity (Wildman–Crippen MR) is 80.9 cm³/mol. The molecule has 2 rings (SSSR count). The molecule has 0 aromatic rings. The highest BCUT2D eigenvalue weighted by Crippen LogP contribution is 2.41. The molecular weight excluding hydrogens is 274 g/mol. The quantitative estimate of drug-likeness (QED) is 0.791. The Hall–Kier alpha value is -0.710. The van der Waals surface area contributed by atoms with E-state index in [0.717, 1.165) is 37.9 Å². The van der Waals surface area contributed by atoms with Crippen molar-refractivity contribution in [1.82, 2.24) is 5.32 Å². The maximum absolute atomic E-state index is 12.1. The molecule has 1 amide bonds. The number of amides is 1. The lowest BCUT2D eigenvalue weighted by atomic mass is 9.82. The van der Waals surface area contributed by atoms with Gasteiger partial charge in [0.2, 0.25) is 5.91 Å². The summed E-state index contributed by atoms with van der Waals surface area (Å²) < 4.78 is 0. The third-order valence-electron chi connectivity index (χ3n) is 4.67. The second-order valence-electron chi connectivity index (χ2n) is 6.12. The summed E-state index contributed by atoms with van der Waals surface area (Å²) in [5.41, 5.74) is -0.791. The van der Waals surface area contributed by atoms with Gasteiger partial charge in [-0.2, -0.15) is 11.8 Å². The number of nitrogens with one attached hydrogen (secondary N) is 1. The molecule has 0 heterocycles. The second-order valence-corrected chi connectivity index (χ2v) is 7.70. The van der Waals surface area contributed by atoms with E-state index in [4.69, 9.17) is 0 Å². The number of thioether (sulfide) groups is 1. The number of carbonyl (C=O) groups is 2. The molecule has 0 aromatic carbocycles. The van der Waals surface area contributed by atoms with Crippen molar-refractivity contribution in [2.24, 2.45) is 5.41 Å². The van der Waals surface area contributed by atoms with E-state index in [-0.39, 0.29) is 18.4 Å². The van der Waals surface area contributed by atoms with Crippen LogP contribution in [0.3, 0.4) is 0 Å². The number of rotatable bonds is 6. The molecule has 2 N–H and O–H groups in total. The molecule has 0 bridgehead atoms.